The minimum absolute atomic E-state index is 0.304. The molecule has 0 aliphatic rings. The van der Waals surface area contributed by atoms with E-state index in [1.807, 2.05) is 55.7 Å². The minimum atomic E-state index is -0.810. The SMILES string of the molecule is CCn1cc(C(NC(=O)[C@@H](N)c2ccccc2)c2ccc(F)cc2)c2ccncc21. The average Bonchev–Trinajstić information content (AvgIpc) is 3.17. The molecule has 152 valence electrons. The van der Waals surface area contributed by atoms with Crippen molar-refractivity contribution in [2.24, 2.45) is 5.73 Å². The Balaban J connectivity index is 1.76. The van der Waals surface area contributed by atoms with Crippen LogP contribution in [-0.4, -0.2) is 15.5 Å². The summed E-state index contributed by atoms with van der Waals surface area (Å²) in [5, 5.41) is 4.06. The number of hydrogen-bond acceptors (Lipinski definition) is 3. The molecule has 6 heteroatoms. The van der Waals surface area contributed by atoms with Crippen LogP contribution in [0.3, 0.4) is 0 Å². The Morgan fingerprint density at radius 1 is 1.10 bits per heavy atom. The monoisotopic (exact) mass is 402 g/mol. The minimum Gasteiger partial charge on any atom is -0.346 e. The molecule has 1 amide bonds. The molecule has 0 aliphatic heterocycles. The number of benzene rings is 2. The Morgan fingerprint density at radius 2 is 1.83 bits per heavy atom. The van der Waals surface area contributed by atoms with Crippen LogP contribution in [0.1, 0.15) is 35.7 Å². The van der Waals surface area contributed by atoms with E-state index in [2.05, 4.69) is 14.9 Å². The second-order valence-electron chi connectivity index (χ2n) is 7.14. The van der Waals surface area contributed by atoms with Gasteiger partial charge in [0.1, 0.15) is 11.9 Å². The third-order valence-electron chi connectivity index (χ3n) is 5.30. The first-order valence-corrected chi connectivity index (χ1v) is 9.87. The first-order valence-electron chi connectivity index (χ1n) is 9.87. The molecule has 0 bridgehead atoms. The Hall–Kier alpha value is -3.51. The smallest absolute Gasteiger partial charge is 0.242 e. The maximum absolute atomic E-state index is 13.6. The van der Waals surface area contributed by atoms with Crippen molar-refractivity contribution >= 4 is 16.8 Å². The lowest BCUT2D eigenvalue weighted by atomic mass is 9.97. The van der Waals surface area contributed by atoms with Gasteiger partial charge in [0.05, 0.1) is 17.8 Å². The molecule has 0 aliphatic carbocycles. The van der Waals surface area contributed by atoms with Gasteiger partial charge in [-0.25, -0.2) is 4.39 Å². The number of nitrogens with zero attached hydrogens (tertiary/aromatic N) is 2. The fraction of sp³-hybridized carbons (Fsp3) is 0.167. The molecule has 0 spiro atoms. The summed E-state index contributed by atoms with van der Waals surface area (Å²) < 4.78 is 15.6. The number of nitrogens with one attached hydrogen (secondary N) is 1. The molecule has 0 fully saturated rings. The molecule has 1 unspecified atom stereocenters. The van der Waals surface area contributed by atoms with E-state index < -0.39 is 12.1 Å². The summed E-state index contributed by atoms with van der Waals surface area (Å²) in [4.78, 5) is 17.3. The van der Waals surface area contributed by atoms with Crippen molar-refractivity contribution < 1.29 is 9.18 Å². The van der Waals surface area contributed by atoms with Crippen LogP contribution in [0.5, 0.6) is 0 Å². The van der Waals surface area contributed by atoms with Gasteiger partial charge < -0.3 is 15.6 Å². The summed E-state index contributed by atoms with van der Waals surface area (Å²) in [5.41, 5.74) is 9.62. The van der Waals surface area contributed by atoms with E-state index in [1.165, 1.54) is 12.1 Å². The maximum atomic E-state index is 13.6. The fourth-order valence-electron chi connectivity index (χ4n) is 3.70. The highest BCUT2D eigenvalue weighted by molar-refractivity contribution is 5.87. The number of halogens is 1. The van der Waals surface area contributed by atoms with Gasteiger partial charge in [0, 0.05) is 29.9 Å². The summed E-state index contributed by atoms with van der Waals surface area (Å²) in [6, 6.07) is 16.0. The van der Waals surface area contributed by atoms with Gasteiger partial charge in [-0.1, -0.05) is 42.5 Å². The van der Waals surface area contributed by atoms with Crippen molar-refractivity contribution in [2.75, 3.05) is 0 Å². The van der Waals surface area contributed by atoms with Gasteiger partial charge in [0.25, 0.3) is 0 Å². The zero-order valence-corrected chi connectivity index (χ0v) is 16.6. The summed E-state index contributed by atoms with van der Waals surface area (Å²) in [6.45, 7) is 2.81. The molecule has 0 saturated carbocycles. The molecule has 5 nitrogen and oxygen atoms in total. The Kier molecular flexibility index (Phi) is 5.59. The molecular weight excluding hydrogens is 379 g/mol. The topological polar surface area (TPSA) is 72.9 Å². The predicted molar refractivity (Wildman–Crippen MR) is 115 cm³/mol. The van der Waals surface area contributed by atoms with Crippen LogP contribution in [0.15, 0.2) is 79.3 Å². The zero-order valence-electron chi connectivity index (χ0n) is 16.6. The number of aryl methyl sites for hydroxylation is 1. The van der Waals surface area contributed by atoms with Crippen molar-refractivity contribution in [3.8, 4) is 0 Å². The third-order valence-corrected chi connectivity index (χ3v) is 5.30. The van der Waals surface area contributed by atoms with Crippen molar-refractivity contribution in [3.63, 3.8) is 0 Å². The third kappa shape index (κ3) is 3.82. The van der Waals surface area contributed by atoms with Crippen molar-refractivity contribution in [2.45, 2.75) is 25.6 Å². The maximum Gasteiger partial charge on any atom is 0.242 e. The number of fused-ring (bicyclic) bond motifs is 1. The Labute approximate surface area is 174 Å². The van der Waals surface area contributed by atoms with Crippen LogP contribution in [0.25, 0.3) is 10.9 Å². The molecule has 2 heterocycles. The number of pyridine rings is 1. The number of rotatable bonds is 6. The van der Waals surface area contributed by atoms with Gasteiger partial charge in [0.15, 0.2) is 0 Å². The fourth-order valence-corrected chi connectivity index (χ4v) is 3.70. The molecule has 30 heavy (non-hydrogen) atoms. The van der Waals surface area contributed by atoms with Crippen molar-refractivity contribution in [1.82, 2.24) is 14.9 Å². The highest BCUT2D eigenvalue weighted by Gasteiger charge is 2.25. The molecule has 3 N–H and O–H groups in total. The van der Waals surface area contributed by atoms with Crippen LogP contribution >= 0.6 is 0 Å². The molecule has 2 aromatic carbocycles. The van der Waals surface area contributed by atoms with Gasteiger partial charge in [0.2, 0.25) is 5.91 Å². The van der Waals surface area contributed by atoms with E-state index in [4.69, 9.17) is 5.73 Å². The molecule has 0 radical (unpaired) electrons. The molecule has 2 atom stereocenters. The first-order chi connectivity index (χ1) is 14.6. The van der Waals surface area contributed by atoms with Gasteiger partial charge in [-0.2, -0.15) is 0 Å². The number of carbonyl (C=O) groups excluding carboxylic acids is 1. The molecule has 0 saturated heterocycles. The van der Waals surface area contributed by atoms with Crippen LogP contribution in [0, 0.1) is 5.82 Å². The quantitative estimate of drug-likeness (QED) is 0.510. The normalized spacial score (nSPS) is 13.2. The standard InChI is InChI=1S/C24H23FN4O/c1-2-29-15-20(19-12-13-27-14-21(19)29)23(17-8-10-18(25)11-9-17)28-24(30)22(26)16-6-4-3-5-7-16/h3-15,22-23H,2,26H2,1H3,(H,28,30)/t22-,23?/m0/s1. The molecule has 2 aromatic heterocycles. The van der Waals surface area contributed by atoms with Gasteiger partial charge in [-0.05, 0) is 36.2 Å². The first kappa shape index (κ1) is 19.8. The highest BCUT2D eigenvalue weighted by atomic mass is 19.1. The molecule has 4 aromatic rings. The lowest BCUT2D eigenvalue weighted by molar-refractivity contribution is -0.123. The van der Waals surface area contributed by atoms with Crippen LogP contribution in [0.2, 0.25) is 0 Å². The predicted octanol–water partition coefficient (Wildman–Crippen LogP) is 4.10. The molecular formula is C24H23FN4O. The van der Waals surface area contributed by atoms with Crippen molar-refractivity contribution in [1.29, 1.82) is 0 Å². The number of hydrogen-bond donors (Lipinski definition) is 2. The van der Waals surface area contributed by atoms with Crippen LogP contribution in [0.4, 0.5) is 4.39 Å². The van der Waals surface area contributed by atoms with Gasteiger partial charge >= 0.3 is 0 Å². The van der Waals surface area contributed by atoms with Gasteiger partial charge in [-0.3, -0.25) is 9.78 Å². The number of aromatic nitrogens is 2. The van der Waals surface area contributed by atoms with E-state index in [-0.39, 0.29) is 11.7 Å². The number of amides is 1. The van der Waals surface area contributed by atoms with Crippen LogP contribution < -0.4 is 11.1 Å². The summed E-state index contributed by atoms with van der Waals surface area (Å²) in [5.74, 6) is -0.632. The lowest BCUT2D eigenvalue weighted by Crippen LogP contribution is -2.37. The van der Waals surface area contributed by atoms with E-state index in [9.17, 15) is 9.18 Å². The lowest BCUT2D eigenvalue weighted by Gasteiger charge is -2.22. The summed E-state index contributed by atoms with van der Waals surface area (Å²) in [7, 11) is 0. The highest BCUT2D eigenvalue weighted by Crippen LogP contribution is 2.31. The Morgan fingerprint density at radius 3 is 2.53 bits per heavy atom. The summed E-state index contributed by atoms with van der Waals surface area (Å²) in [6.07, 6.45) is 5.54. The second kappa shape index (κ2) is 8.47. The summed E-state index contributed by atoms with van der Waals surface area (Å²) >= 11 is 0. The zero-order chi connectivity index (χ0) is 21.1. The number of nitrogens with two attached hydrogens (primary N) is 1. The van der Waals surface area contributed by atoms with E-state index in [0.29, 0.717) is 0 Å². The van der Waals surface area contributed by atoms with Crippen LogP contribution in [-0.2, 0) is 11.3 Å². The second-order valence-corrected chi connectivity index (χ2v) is 7.14. The van der Waals surface area contributed by atoms with E-state index in [0.717, 1.165) is 34.1 Å². The van der Waals surface area contributed by atoms with Crippen molar-refractivity contribution in [3.05, 3.63) is 102 Å². The molecule has 4 rings (SSSR count). The largest absolute Gasteiger partial charge is 0.346 e. The van der Waals surface area contributed by atoms with E-state index in [1.54, 1.807) is 18.3 Å². The van der Waals surface area contributed by atoms with Gasteiger partial charge in [-0.15, -0.1) is 0 Å². The average molecular weight is 402 g/mol. The van der Waals surface area contributed by atoms with E-state index >= 15 is 0 Å². The Bertz CT molecular complexity index is 1160. The number of carbonyl (C=O) groups is 1.